The third-order valence-electron chi connectivity index (χ3n) is 3.34. The molecular formula is C13H15ClN2O3. The van der Waals surface area contributed by atoms with Gasteiger partial charge in [-0.3, -0.25) is 4.90 Å². The van der Waals surface area contributed by atoms with Gasteiger partial charge in [-0.25, -0.2) is 4.79 Å². The first-order valence-corrected chi connectivity index (χ1v) is 6.61. The second kappa shape index (κ2) is 5.00. The van der Waals surface area contributed by atoms with E-state index < -0.39 is 5.60 Å². The minimum atomic E-state index is -0.590. The van der Waals surface area contributed by atoms with E-state index in [1.165, 1.54) is 0 Å². The minimum absolute atomic E-state index is 0.338. The molecule has 1 aromatic rings. The number of ether oxygens (including phenoxy) is 2. The molecule has 2 saturated heterocycles. The van der Waals surface area contributed by atoms with Crippen LogP contribution in [0.25, 0.3) is 0 Å². The standard InChI is InChI=1S/C13H15ClN2O3/c14-10-1-3-11(4-2-10)16-8-13(19-12(16)17)7-15-5-6-18-9-13/h1-4,15H,5-9H2/t13-/m1/s1. The summed E-state index contributed by atoms with van der Waals surface area (Å²) in [5.74, 6) is 0. The molecule has 0 saturated carbocycles. The lowest BCUT2D eigenvalue weighted by molar-refractivity contribution is -0.00744. The average molecular weight is 283 g/mol. The van der Waals surface area contributed by atoms with Gasteiger partial charge in [0.25, 0.3) is 0 Å². The normalized spacial score (nSPS) is 27.4. The lowest BCUT2D eigenvalue weighted by atomic mass is 10.1. The predicted octanol–water partition coefficient (Wildman–Crippen LogP) is 1.66. The zero-order valence-electron chi connectivity index (χ0n) is 10.4. The van der Waals surface area contributed by atoms with Gasteiger partial charge in [-0.05, 0) is 24.3 Å². The number of nitrogens with one attached hydrogen (secondary N) is 1. The molecule has 1 N–H and O–H groups in total. The Labute approximate surface area is 116 Å². The molecule has 6 heteroatoms. The van der Waals surface area contributed by atoms with Crippen LogP contribution in [-0.4, -0.2) is 44.5 Å². The van der Waals surface area contributed by atoms with E-state index in [0.29, 0.717) is 31.3 Å². The molecule has 0 aliphatic carbocycles. The number of halogens is 1. The lowest BCUT2D eigenvalue weighted by Crippen LogP contribution is -2.46. The Hall–Kier alpha value is -1.30. The topological polar surface area (TPSA) is 50.8 Å². The van der Waals surface area contributed by atoms with E-state index in [9.17, 15) is 4.79 Å². The van der Waals surface area contributed by atoms with Crippen molar-refractivity contribution in [2.24, 2.45) is 0 Å². The number of rotatable bonds is 1. The number of carbonyl (C=O) groups excluding carboxylic acids is 1. The summed E-state index contributed by atoms with van der Waals surface area (Å²) in [4.78, 5) is 13.7. The van der Waals surface area contributed by atoms with Crippen LogP contribution in [0.1, 0.15) is 0 Å². The smallest absolute Gasteiger partial charge is 0.415 e. The van der Waals surface area contributed by atoms with Crippen LogP contribution >= 0.6 is 11.6 Å². The predicted molar refractivity (Wildman–Crippen MR) is 71.7 cm³/mol. The largest absolute Gasteiger partial charge is 0.437 e. The van der Waals surface area contributed by atoms with Crippen LogP contribution in [0.5, 0.6) is 0 Å². The van der Waals surface area contributed by atoms with Gasteiger partial charge in [-0.1, -0.05) is 11.6 Å². The zero-order chi connectivity index (χ0) is 13.3. The van der Waals surface area contributed by atoms with Crippen molar-refractivity contribution in [2.45, 2.75) is 5.60 Å². The number of benzene rings is 1. The van der Waals surface area contributed by atoms with Crippen molar-refractivity contribution in [2.75, 3.05) is 37.7 Å². The van der Waals surface area contributed by atoms with E-state index in [-0.39, 0.29) is 6.09 Å². The van der Waals surface area contributed by atoms with Gasteiger partial charge in [0.1, 0.15) is 0 Å². The molecule has 102 valence electrons. The Morgan fingerprint density at radius 2 is 2.11 bits per heavy atom. The van der Waals surface area contributed by atoms with Crippen molar-refractivity contribution in [3.05, 3.63) is 29.3 Å². The second-order valence-corrected chi connectivity index (χ2v) is 5.28. The highest BCUT2D eigenvalue weighted by molar-refractivity contribution is 6.30. The Balaban J connectivity index is 1.81. The number of nitrogens with zero attached hydrogens (tertiary/aromatic N) is 1. The summed E-state index contributed by atoms with van der Waals surface area (Å²) in [6.45, 7) is 2.94. The molecule has 2 aliphatic heterocycles. The first-order valence-electron chi connectivity index (χ1n) is 6.23. The lowest BCUT2D eigenvalue weighted by Gasteiger charge is -2.24. The maximum absolute atomic E-state index is 12.0. The fourth-order valence-corrected chi connectivity index (χ4v) is 2.51. The fourth-order valence-electron chi connectivity index (χ4n) is 2.38. The molecule has 1 amide bonds. The summed E-state index contributed by atoms with van der Waals surface area (Å²) in [6.07, 6.45) is -0.338. The van der Waals surface area contributed by atoms with E-state index in [0.717, 1.165) is 12.2 Å². The van der Waals surface area contributed by atoms with Gasteiger partial charge < -0.3 is 14.8 Å². The molecule has 3 rings (SSSR count). The number of anilines is 1. The summed E-state index contributed by atoms with van der Waals surface area (Å²) in [7, 11) is 0. The number of carbonyl (C=O) groups is 1. The van der Waals surface area contributed by atoms with Crippen LogP contribution in [0.2, 0.25) is 5.02 Å². The number of amides is 1. The molecule has 0 aromatic heterocycles. The highest BCUT2D eigenvalue weighted by atomic mass is 35.5. The van der Waals surface area contributed by atoms with Crippen molar-refractivity contribution in [1.29, 1.82) is 0 Å². The van der Waals surface area contributed by atoms with Gasteiger partial charge in [0.15, 0.2) is 5.60 Å². The van der Waals surface area contributed by atoms with Gasteiger partial charge in [0, 0.05) is 23.8 Å². The van der Waals surface area contributed by atoms with Gasteiger partial charge in [-0.2, -0.15) is 0 Å². The van der Waals surface area contributed by atoms with Crippen LogP contribution in [-0.2, 0) is 9.47 Å². The van der Waals surface area contributed by atoms with Gasteiger partial charge in [-0.15, -0.1) is 0 Å². The van der Waals surface area contributed by atoms with Crippen molar-refractivity contribution in [1.82, 2.24) is 5.32 Å². The Kier molecular flexibility index (Phi) is 3.35. The molecule has 1 spiro atoms. The molecule has 0 unspecified atom stereocenters. The number of hydrogen-bond donors (Lipinski definition) is 1. The van der Waals surface area contributed by atoms with Gasteiger partial charge in [0.2, 0.25) is 0 Å². The number of hydrogen-bond acceptors (Lipinski definition) is 4. The van der Waals surface area contributed by atoms with Crippen molar-refractivity contribution >= 4 is 23.4 Å². The van der Waals surface area contributed by atoms with Crippen LogP contribution < -0.4 is 10.2 Å². The Bertz CT molecular complexity index is 469. The van der Waals surface area contributed by atoms with Crippen molar-refractivity contribution < 1.29 is 14.3 Å². The second-order valence-electron chi connectivity index (χ2n) is 4.84. The minimum Gasteiger partial charge on any atom is -0.437 e. The molecule has 5 nitrogen and oxygen atoms in total. The van der Waals surface area contributed by atoms with E-state index in [1.54, 1.807) is 17.0 Å². The zero-order valence-corrected chi connectivity index (χ0v) is 11.2. The van der Waals surface area contributed by atoms with Gasteiger partial charge in [0.05, 0.1) is 19.8 Å². The SMILES string of the molecule is O=C1O[C@]2(CNCCOC2)CN1c1ccc(Cl)cc1. The summed E-state index contributed by atoms with van der Waals surface area (Å²) in [5.41, 5.74) is 0.197. The molecule has 1 aromatic carbocycles. The highest BCUT2D eigenvalue weighted by Gasteiger charge is 2.46. The van der Waals surface area contributed by atoms with E-state index in [1.807, 2.05) is 12.1 Å². The summed E-state index contributed by atoms with van der Waals surface area (Å²) in [5, 5.41) is 3.88. The maximum Gasteiger partial charge on any atom is 0.415 e. The molecule has 0 radical (unpaired) electrons. The molecule has 19 heavy (non-hydrogen) atoms. The van der Waals surface area contributed by atoms with E-state index in [4.69, 9.17) is 21.1 Å². The summed E-state index contributed by atoms with van der Waals surface area (Å²) < 4.78 is 11.0. The average Bonchev–Trinajstić information content (AvgIpc) is 2.58. The Morgan fingerprint density at radius 3 is 2.89 bits per heavy atom. The Morgan fingerprint density at radius 1 is 1.32 bits per heavy atom. The summed E-state index contributed by atoms with van der Waals surface area (Å²) >= 11 is 5.85. The molecule has 2 heterocycles. The molecule has 2 fully saturated rings. The van der Waals surface area contributed by atoms with E-state index >= 15 is 0 Å². The third kappa shape index (κ3) is 2.54. The first-order chi connectivity index (χ1) is 9.19. The van der Waals surface area contributed by atoms with Gasteiger partial charge >= 0.3 is 6.09 Å². The molecule has 1 atom stereocenters. The van der Waals surface area contributed by atoms with Crippen molar-refractivity contribution in [3.8, 4) is 0 Å². The molecule has 2 aliphatic rings. The maximum atomic E-state index is 12.0. The first kappa shape index (κ1) is 12.7. The van der Waals surface area contributed by atoms with Crippen LogP contribution in [0.4, 0.5) is 10.5 Å². The van der Waals surface area contributed by atoms with Crippen LogP contribution in [0.15, 0.2) is 24.3 Å². The molecular weight excluding hydrogens is 268 g/mol. The fraction of sp³-hybridized carbons (Fsp3) is 0.462. The van der Waals surface area contributed by atoms with E-state index in [2.05, 4.69) is 5.32 Å². The third-order valence-corrected chi connectivity index (χ3v) is 3.60. The summed E-state index contributed by atoms with van der Waals surface area (Å²) in [6, 6.07) is 7.15. The van der Waals surface area contributed by atoms with Crippen molar-refractivity contribution in [3.63, 3.8) is 0 Å². The highest BCUT2D eigenvalue weighted by Crippen LogP contribution is 2.29. The monoisotopic (exact) mass is 282 g/mol. The van der Waals surface area contributed by atoms with Crippen LogP contribution in [0, 0.1) is 0 Å². The quantitative estimate of drug-likeness (QED) is 0.851. The molecule has 0 bridgehead atoms. The van der Waals surface area contributed by atoms with Crippen LogP contribution in [0.3, 0.4) is 0 Å².